The molecule has 0 saturated heterocycles. The van der Waals surface area contributed by atoms with Crippen LogP contribution >= 0.6 is 0 Å². The molecule has 22 heavy (non-hydrogen) atoms. The maximum atomic E-state index is 10.9. The van der Waals surface area contributed by atoms with Crippen LogP contribution < -0.4 is 0 Å². The van der Waals surface area contributed by atoms with Gasteiger partial charge >= 0.3 is 0 Å². The van der Waals surface area contributed by atoms with Gasteiger partial charge < -0.3 is 10.2 Å². The highest BCUT2D eigenvalue weighted by Gasteiger charge is 2.52. The van der Waals surface area contributed by atoms with Gasteiger partial charge in [0, 0.05) is 5.56 Å². The standard InChI is InChI=1S/C20H30O2/c1-12(2)17-14(21)8-7-13-18(17)15(22)11-16-19(3,4)9-6-10-20(13,16)5/h7-8,12,15-16,21-22H,6,9-11H2,1-5H3/t15-,16+,20-/m1/s1. The molecule has 0 bridgehead atoms. The van der Waals surface area contributed by atoms with E-state index in [9.17, 15) is 10.2 Å². The molecular weight excluding hydrogens is 272 g/mol. The molecule has 0 unspecified atom stereocenters. The van der Waals surface area contributed by atoms with Crippen LogP contribution in [0.4, 0.5) is 0 Å². The van der Waals surface area contributed by atoms with Gasteiger partial charge in [0.1, 0.15) is 5.75 Å². The molecule has 1 saturated carbocycles. The molecule has 2 aliphatic carbocycles. The van der Waals surface area contributed by atoms with Crippen LogP contribution in [0.3, 0.4) is 0 Å². The minimum absolute atomic E-state index is 0.119. The van der Waals surface area contributed by atoms with E-state index in [4.69, 9.17) is 0 Å². The molecule has 1 aromatic carbocycles. The number of aliphatic hydroxyl groups is 1. The average Bonchev–Trinajstić information content (AvgIpc) is 2.40. The molecule has 2 aliphatic rings. The lowest BCUT2D eigenvalue weighted by Crippen LogP contribution is -2.49. The predicted molar refractivity (Wildman–Crippen MR) is 90.2 cm³/mol. The normalized spacial score (nSPS) is 33.4. The van der Waals surface area contributed by atoms with Gasteiger partial charge in [0.25, 0.3) is 0 Å². The van der Waals surface area contributed by atoms with Crippen LogP contribution in [-0.4, -0.2) is 10.2 Å². The molecule has 1 aromatic rings. The average molecular weight is 302 g/mol. The second-order valence-electron chi connectivity index (χ2n) is 8.68. The first kappa shape index (κ1) is 15.9. The molecule has 0 amide bonds. The third-order valence-electron chi connectivity index (χ3n) is 6.48. The molecule has 0 spiro atoms. The van der Waals surface area contributed by atoms with Crippen LogP contribution in [0.5, 0.6) is 5.75 Å². The zero-order chi connectivity index (χ0) is 16.3. The summed E-state index contributed by atoms with van der Waals surface area (Å²) in [5, 5.41) is 21.2. The van der Waals surface area contributed by atoms with E-state index in [2.05, 4.69) is 40.7 Å². The minimum Gasteiger partial charge on any atom is -0.508 e. The molecule has 0 radical (unpaired) electrons. The number of fused-ring (bicyclic) bond motifs is 3. The fourth-order valence-corrected chi connectivity index (χ4v) is 5.45. The van der Waals surface area contributed by atoms with Crippen LogP contribution in [-0.2, 0) is 5.41 Å². The van der Waals surface area contributed by atoms with E-state index >= 15 is 0 Å². The lowest BCUT2D eigenvalue weighted by molar-refractivity contribution is -0.00733. The summed E-state index contributed by atoms with van der Waals surface area (Å²) in [6, 6.07) is 3.92. The first-order valence-electron chi connectivity index (χ1n) is 8.73. The fraction of sp³-hybridized carbons (Fsp3) is 0.700. The summed E-state index contributed by atoms with van der Waals surface area (Å²) in [7, 11) is 0. The molecule has 2 heteroatoms. The van der Waals surface area contributed by atoms with E-state index in [1.807, 2.05) is 6.07 Å². The number of aromatic hydroxyl groups is 1. The second-order valence-corrected chi connectivity index (χ2v) is 8.68. The SMILES string of the molecule is CC(C)c1c(O)ccc2c1[C@H](O)C[C@H]1C(C)(C)CCC[C@]21C. The van der Waals surface area contributed by atoms with Crippen LogP contribution in [0.25, 0.3) is 0 Å². The maximum absolute atomic E-state index is 10.9. The highest BCUT2D eigenvalue weighted by molar-refractivity contribution is 5.52. The Labute approximate surface area is 134 Å². The summed E-state index contributed by atoms with van der Waals surface area (Å²) >= 11 is 0. The van der Waals surface area contributed by atoms with Crippen molar-refractivity contribution in [3.63, 3.8) is 0 Å². The second kappa shape index (κ2) is 4.99. The smallest absolute Gasteiger partial charge is 0.119 e. The molecule has 1 fully saturated rings. The summed E-state index contributed by atoms with van der Waals surface area (Å²) in [6.07, 6.45) is 4.04. The van der Waals surface area contributed by atoms with Gasteiger partial charge in [-0.25, -0.2) is 0 Å². The van der Waals surface area contributed by atoms with Gasteiger partial charge in [-0.05, 0) is 59.1 Å². The number of rotatable bonds is 1. The van der Waals surface area contributed by atoms with Crippen LogP contribution in [0.1, 0.15) is 89.0 Å². The van der Waals surface area contributed by atoms with E-state index in [-0.39, 0.29) is 16.7 Å². The summed E-state index contributed by atoms with van der Waals surface area (Å²) in [5.74, 6) is 1.06. The van der Waals surface area contributed by atoms with Gasteiger partial charge in [0.2, 0.25) is 0 Å². The van der Waals surface area contributed by atoms with E-state index in [0.717, 1.165) is 17.5 Å². The Bertz CT molecular complexity index is 588. The monoisotopic (exact) mass is 302 g/mol. The third kappa shape index (κ3) is 2.11. The number of hydrogen-bond acceptors (Lipinski definition) is 2. The van der Waals surface area contributed by atoms with E-state index in [0.29, 0.717) is 11.7 Å². The molecular formula is C20H30O2. The van der Waals surface area contributed by atoms with E-state index in [1.165, 1.54) is 24.8 Å². The summed E-state index contributed by atoms with van der Waals surface area (Å²) in [5.41, 5.74) is 3.64. The highest BCUT2D eigenvalue weighted by Crippen LogP contribution is 2.60. The van der Waals surface area contributed by atoms with Crippen molar-refractivity contribution in [2.24, 2.45) is 11.3 Å². The number of phenolic OH excluding ortho intramolecular Hbond substituents is 1. The number of phenols is 1. The fourth-order valence-electron chi connectivity index (χ4n) is 5.45. The van der Waals surface area contributed by atoms with Gasteiger partial charge in [-0.15, -0.1) is 0 Å². The third-order valence-corrected chi connectivity index (χ3v) is 6.48. The molecule has 3 atom stereocenters. The molecule has 122 valence electrons. The lowest BCUT2D eigenvalue weighted by Gasteiger charge is -2.55. The van der Waals surface area contributed by atoms with Gasteiger partial charge in [-0.1, -0.05) is 47.1 Å². The van der Waals surface area contributed by atoms with E-state index in [1.54, 1.807) is 0 Å². The minimum atomic E-state index is -0.449. The molecule has 0 heterocycles. The van der Waals surface area contributed by atoms with Crippen molar-refractivity contribution in [2.75, 3.05) is 0 Å². The quantitative estimate of drug-likeness (QED) is 0.763. The van der Waals surface area contributed by atoms with E-state index < -0.39 is 6.10 Å². The number of hydrogen-bond donors (Lipinski definition) is 2. The van der Waals surface area contributed by atoms with Crippen molar-refractivity contribution in [3.05, 3.63) is 28.8 Å². The topological polar surface area (TPSA) is 40.5 Å². The zero-order valence-electron chi connectivity index (χ0n) is 14.6. The predicted octanol–water partition coefficient (Wildman–Crippen LogP) is 5.04. The Morgan fingerprint density at radius 3 is 2.45 bits per heavy atom. The van der Waals surface area contributed by atoms with Gasteiger partial charge in [-0.3, -0.25) is 0 Å². The Morgan fingerprint density at radius 1 is 1.14 bits per heavy atom. The molecule has 0 aromatic heterocycles. The first-order valence-corrected chi connectivity index (χ1v) is 8.73. The Hall–Kier alpha value is -1.02. The molecule has 2 N–H and O–H groups in total. The zero-order valence-corrected chi connectivity index (χ0v) is 14.6. The summed E-state index contributed by atoms with van der Waals surface area (Å²) in [4.78, 5) is 0. The van der Waals surface area contributed by atoms with Crippen molar-refractivity contribution in [1.82, 2.24) is 0 Å². The van der Waals surface area contributed by atoms with Gasteiger partial charge in [0.15, 0.2) is 0 Å². The molecule has 0 aliphatic heterocycles. The Kier molecular flexibility index (Phi) is 3.60. The summed E-state index contributed by atoms with van der Waals surface area (Å²) in [6.45, 7) is 11.3. The first-order chi connectivity index (χ1) is 10.2. The lowest BCUT2D eigenvalue weighted by atomic mass is 9.49. The largest absolute Gasteiger partial charge is 0.508 e. The van der Waals surface area contributed by atoms with Crippen molar-refractivity contribution >= 4 is 0 Å². The Balaban J connectivity index is 2.24. The maximum Gasteiger partial charge on any atom is 0.119 e. The summed E-state index contributed by atoms with van der Waals surface area (Å²) < 4.78 is 0. The van der Waals surface area contributed by atoms with Crippen molar-refractivity contribution < 1.29 is 10.2 Å². The molecule has 2 nitrogen and oxygen atoms in total. The Morgan fingerprint density at radius 2 is 1.82 bits per heavy atom. The van der Waals surface area contributed by atoms with Crippen molar-refractivity contribution in [2.45, 2.75) is 77.7 Å². The van der Waals surface area contributed by atoms with Crippen LogP contribution in [0.2, 0.25) is 0 Å². The van der Waals surface area contributed by atoms with Crippen LogP contribution in [0.15, 0.2) is 12.1 Å². The van der Waals surface area contributed by atoms with Gasteiger partial charge in [-0.2, -0.15) is 0 Å². The van der Waals surface area contributed by atoms with Crippen molar-refractivity contribution in [3.8, 4) is 5.75 Å². The van der Waals surface area contributed by atoms with Crippen molar-refractivity contribution in [1.29, 1.82) is 0 Å². The number of benzene rings is 1. The number of aliphatic hydroxyl groups excluding tert-OH is 1. The van der Waals surface area contributed by atoms with Crippen LogP contribution in [0, 0.1) is 11.3 Å². The highest BCUT2D eigenvalue weighted by atomic mass is 16.3. The molecule has 3 rings (SSSR count). The van der Waals surface area contributed by atoms with Gasteiger partial charge in [0.05, 0.1) is 6.10 Å².